The summed E-state index contributed by atoms with van der Waals surface area (Å²) in [7, 11) is 0. The summed E-state index contributed by atoms with van der Waals surface area (Å²) in [6.07, 6.45) is 1.62. The summed E-state index contributed by atoms with van der Waals surface area (Å²) in [5, 5.41) is 19.3. The van der Waals surface area contributed by atoms with Crippen LogP contribution in [-0.4, -0.2) is 61.8 Å². The van der Waals surface area contributed by atoms with E-state index < -0.39 is 22.8 Å². The number of aliphatic hydroxyl groups excluding tert-OH is 2. The number of carbonyl (C=O) groups is 2. The Morgan fingerprint density at radius 2 is 1.15 bits per heavy atom. The van der Waals surface area contributed by atoms with E-state index in [1.165, 1.54) is 0 Å². The Labute approximate surface area is 201 Å². The first-order valence-corrected chi connectivity index (χ1v) is 11.7. The van der Waals surface area contributed by atoms with Crippen molar-refractivity contribution >= 4 is 11.9 Å². The Hall–Kier alpha value is -2.74. The second-order valence-electron chi connectivity index (χ2n) is 8.71. The number of benzene rings is 2. The van der Waals surface area contributed by atoms with E-state index >= 15 is 0 Å². The van der Waals surface area contributed by atoms with Gasteiger partial charge in [0.15, 0.2) is 0 Å². The Morgan fingerprint density at radius 1 is 0.706 bits per heavy atom. The molecule has 0 atom stereocenters. The van der Waals surface area contributed by atoms with E-state index in [-0.39, 0.29) is 33.0 Å². The van der Waals surface area contributed by atoms with Crippen LogP contribution in [0.25, 0.3) is 0 Å². The minimum atomic E-state index is -0.700. The van der Waals surface area contributed by atoms with Gasteiger partial charge in [0.25, 0.3) is 0 Å². The normalized spacial score (nSPS) is 11.8. The maximum absolute atomic E-state index is 12.5. The van der Waals surface area contributed by atoms with Gasteiger partial charge in [-0.15, -0.1) is 0 Å². The molecule has 2 aromatic carbocycles. The van der Waals surface area contributed by atoms with Gasteiger partial charge in [-0.2, -0.15) is 0 Å². The van der Waals surface area contributed by atoms with Gasteiger partial charge in [-0.3, -0.25) is 0 Å². The van der Waals surface area contributed by atoms with Gasteiger partial charge >= 0.3 is 11.9 Å². The molecule has 7 heteroatoms. The number of aliphatic hydroxyl groups is 2. The second kappa shape index (κ2) is 13.8. The third kappa shape index (κ3) is 7.94. The maximum Gasteiger partial charge on any atom is 0.338 e. The Kier molecular flexibility index (Phi) is 11.2. The monoisotopic (exact) mass is 472 g/mol. The lowest BCUT2D eigenvalue weighted by molar-refractivity contribution is -0.0519. The van der Waals surface area contributed by atoms with E-state index in [0.29, 0.717) is 37.0 Å². The Balaban J connectivity index is 2.06. The predicted molar refractivity (Wildman–Crippen MR) is 129 cm³/mol. The summed E-state index contributed by atoms with van der Waals surface area (Å²) in [4.78, 5) is 25.1. The van der Waals surface area contributed by atoms with Crippen molar-refractivity contribution in [2.24, 2.45) is 10.8 Å². The average molecular weight is 473 g/mol. The van der Waals surface area contributed by atoms with Gasteiger partial charge in [0, 0.05) is 17.4 Å². The van der Waals surface area contributed by atoms with E-state index in [1.54, 1.807) is 48.5 Å². The highest BCUT2D eigenvalue weighted by Crippen LogP contribution is 2.30. The zero-order chi connectivity index (χ0) is 24.9. The molecular formula is C27H36O7. The number of carbonyl (C=O) groups excluding carboxylic acids is 2. The van der Waals surface area contributed by atoms with Crippen LogP contribution in [0.4, 0.5) is 0 Å². The molecule has 0 spiro atoms. The van der Waals surface area contributed by atoms with Gasteiger partial charge < -0.3 is 24.4 Å². The van der Waals surface area contributed by atoms with Crippen LogP contribution in [-0.2, 0) is 14.2 Å². The number of esters is 2. The first-order valence-electron chi connectivity index (χ1n) is 11.7. The van der Waals surface area contributed by atoms with E-state index in [2.05, 4.69) is 0 Å². The van der Waals surface area contributed by atoms with Crippen molar-refractivity contribution in [3.05, 3.63) is 71.8 Å². The summed E-state index contributed by atoms with van der Waals surface area (Å²) >= 11 is 0. The molecule has 0 aliphatic rings. The molecule has 2 aromatic rings. The van der Waals surface area contributed by atoms with Crippen LogP contribution in [0, 0.1) is 10.8 Å². The molecule has 0 saturated carbocycles. The topological polar surface area (TPSA) is 102 Å². The summed E-state index contributed by atoms with van der Waals surface area (Å²) in [5.74, 6) is -0.890. The number of hydrogen-bond donors (Lipinski definition) is 2. The molecule has 0 unspecified atom stereocenters. The molecule has 2 rings (SSSR count). The molecule has 0 aliphatic heterocycles. The molecule has 0 heterocycles. The van der Waals surface area contributed by atoms with Crippen molar-refractivity contribution in [2.45, 2.75) is 33.1 Å². The summed E-state index contributed by atoms with van der Waals surface area (Å²) in [6, 6.07) is 17.4. The van der Waals surface area contributed by atoms with Gasteiger partial charge in [0.2, 0.25) is 0 Å². The van der Waals surface area contributed by atoms with Crippen molar-refractivity contribution in [3.63, 3.8) is 0 Å². The molecule has 0 aliphatic carbocycles. The molecule has 0 bridgehead atoms. The van der Waals surface area contributed by atoms with E-state index in [1.807, 2.05) is 26.0 Å². The molecular weight excluding hydrogens is 436 g/mol. The zero-order valence-corrected chi connectivity index (χ0v) is 20.1. The minimum Gasteiger partial charge on any atom is -0.461 e. The van der Waals surface area contributed by atoms with Crippen molar-refractivity contribution in [3.8, 4) is 0 Å². The standard InChI is InChI=1S/C27H36O7/c1-3-26(15-16-32-19-27(4-2,17-28)18-29,20-33-24(30)22-11-7-5-8-12-22)21-34-25(31)23-13-9-6-10-14-23/h5-14,28-29H,3-4,15-21H2,1-2H3. The highest BCUT2D eigenvalue weighted by molar-refractivity contribution is 5.89. The largest absolute Gasteiger partial charge is 0.461 e. The van der Waals surface area contributed by atoms with Crippen molar-refractivity contribution in [2.75, 3.05) is 39.6 Å². The third-order valence-electron chi connectivity index (χ3n) is 6.39. The van der Waals surface area contributed by atoms with Crippen LogP contribution < -0.4 is 0 Å². The molecule has 0 saturated heterocycles. The smallest absolute Gasteiger partial charge is 0.338 e. The molecule has 0 aromatic heterocycles. The van der Waals surface area contributed by atoms with Gasteiger partial charge in [0.1, 0.15) is 13.2 Å². The Bertz CT molecular complexity index is 799. The molecule has 0 fully saturated rings. The first kappa shape index (κ1) is 27.5. The van der Waals surface area contributed by atoms with Gasteiger partial charge in [-0.25, -0.2) is 9.59 Å². The van der Waals surface area contributed by atoms with Crippen molar-refractivity contribution in [1.29, 1.82) is 0 Å². The van der Waals surface area contributed by atoms with Crippen molar-refractivity contribution < 1.29 is 34.0 Å². The van der Waals surface area contributed by atoms with Crippen LogP contribution in [0.15, 0.2) is 60.7 Å². The minimum absolute atomic E-state index is 0.0571. The fourth-order valence-corrected chi connectivity index (χ4v) is 3.36. The lowest BCUT2D eigenvalue weighted by atomic mass is 9.83. The second-order valence-corrected chi connectivity index (χ2v) is 8.71. The fraction of sp³-hybridized carbons (Fsp3) is 0.481. The quantitative estimate of drug-likeness (QED) is 0.299. The van der Waals surface area contributed by atoms with E-state index in [4.69, 9.17) is 14.2 Å². The third-order valence-corrected chi connectivity index (χ3v) is 6.39. The van der Waals surface area contributed by atoms with E-state index in [0.717, 1.165) is 0 Å². The Morgan fingerprint density at radius 3 is 1.53 bits per heavy atom. The first-order chi connectivity index (χ1) is 16.4. The molecule has 186 valence electrons. The fourth-order valence-electron chi connectivity index (χ4n) is 3.36. The summed E-state index contributed by atoms with van der Waals surface area (Å²) in [5.41, 5.74) is -0.455. The molecule has 2 N–H and O–H groups in total. The molecule has 0 radical (unpaired) electrons. The molecule has 7 nitrogen and oxygen atoms in total. The van der Waals surface area contributed by atoms with Gasteiger partial charge in [0.05, 0.1) is 30.9 Å². The van der Waals surface area contributed by atoms with Crippen LogP contribution >= 0.6 is 0 Å². The van der Waals surface area contributed by atoms with Crippen LogP contribution in [0.2, 0.25) is 0 Å². The SMILES string of the molecule is CCC(CO)(CO)COCCC(CC)(COC(=O)c1ccccc1)COC(=O)c1ccccc1. The maximum atomic E-state index is 12.5. The van der Waals surface area contributed by atoms with Crippen molar-refractivity contribution in [1.82, 2.24) is 0 Å². The highest BCUT2D eigenvalue weighted by atomic mass is 16.5. The van der Waals surface area contributed by atoms with Crippen LogP contribution in [0.5, 0.6) is 0 Å². The van der Waals surface area contributed by atoms with Crippen LogP contribution in [0.3, 0.4) is 0 Å². The van der Waals surface area contributed by atoms with E-state index in [9.17, 15) is 19.8 Å². The number of rotatable bonds is 15. The average Bonchev–Trinajstić information content (AvgIpc) is 2.91. The predicted octanol–water partition coefficient (Wildman–Crippen LogP) is 3.88. The van der Waals surface area contributed by atoms with Gasteiger partial charge in [-0.1, -0.05) is 50.2 Å². The highest BCUT2D eigenvalue weighted by Gasteiger charge is 2.33. The van der Waals surface area contributed by atoms with Crippen LogP contribution in [0.1, 0.15) is 53.8 Å². The molecule has 0 amide bonds. The van der Waals surface area contributed by atoms with Gasteiger partial charge in [-0.05, 0) is 43.5 Å². The zero-order valence-electron chi connectivity index (χ0n) is 20.1. The lowest BCUT2D eigenvalue weighted by Crippen LogP contribution is -2.37. The lowest BCUT2D eigenvalue weighted by Gasteiger charge is -2.33. The summed E-state index contributed by atoms with van der Waals surface area (Å²) < 4.78 is 17.0. The number of hydrogen-bond acceptors (Lipinski definition) is 7. The molecule has 34 heavy (non-hydrogen) atoms. The number of ether oxygens (including phenoxy) is 3. The summed E-state index contributed by atoms with van der Waals surface area (Å²) in [6.45, 7) is 4.09.